The highest BCUT2D eigenvalue weighted by Crippen LogP contribution is 2.43. The minimum absolute atomic E-state index is 0.0636. The van der Waals surface area contributed by atoms with Crippen molar-refractivity contribution in [2.24, 2.45) is 0 Å². The fourth-order valence-electron chi connectivity index (χ4n) is 1.09. The fraction of sp³-hybridized carbons (Fsp3) is 0.900. The van der Waals surface area contributed by atoms with Gasteiger partial charge in [0, 0.05) is 25.0 Å². The summed E-state index contributed by atoms with van der Waals surface area (Å²) >= 11 is 0.492. The van der Waals surface area contributed by atoms with Crippen molar-refractivity contribution >= 4 is 16.9 Å². The van der Waals surface area contributed by atoms with Crippen LogP contribution in [-0.2, 0) is 4.79 Å². The first-order chi connectivity index (χ1) is 8.83. The van der Waals surface area contributed by atoms with Crippen molar-refractivity contribution < 1.29 is 39.9 Å². The van der Waals surface area contributed by atoms with Crippen LogP contribution in [0.1, 0.15) is 26.2 Å². The van der Waals surface area contributed by atoms with Gasteiger partial charge in [-0.25, -0.2) is 13.2 Å². The van der Waals surface area contributed by atoms with Gasteiger partial charge in [-0.05, 0) is 0 Å². The van der Waals surface area contributed by atoms with Gasteiger partial charge in [-0.1, -0.05) is 18.7 Å². The summed E-state index contributed by atoms with van der Waals surface area (Å²) in [5.74, 6) is -10.4. The van der Waals surface area contributed by atoms with Gasteiger partial charge in [-0.3, -0.25) is 4.79 Å². The number of rotatable bonds is 7. The molecule has 0 aromatic heterocycles. The zero-order valence-corrected chi connectivity index (χ0v) is 11.1. The molecular formula is C10H12F8OS. The summed E-state index contributed by atoms with van der Waals surface area (Å²) in [5, 5.41) is -0.432. The Bertz CT molecular complexity index is 328. The number of halogens is 8. The summed E-state index contributed by atoms with van der Waals surface area (Å²) in [5.41, 5.74) is 0. The number of carbonyl (C=O) groups is 1. The molecule has 0 aliphatic heterocycles. The van der Waals surface area contributed by atoms with Gasteiger partial charge in [-0.2, -0.15) is 22.0 Å². The van der Waals surface area contributed by atoms with E-state index in [9.17, 15) is 39.9 Å². The molecule has 0 N–H and O–H groups in total. The SMILES string of the molecule is CCC(=O)SCCC(F)(F)CC(F)C(F)(F)C(F)(F)F. The van der Waals surface area contributed by atoms with Crippen molar-refractivity contribution in [1.82, 2.24) is 0 Å². The van der Waals surface area contributed by atoms with E-state index >= 15 is 0 Å². The molecule has 0 heterocycles. The zero-order valence-electron chi connectivity index (χ0n) is 10.2. The first kappa shape index (κ1) is 19.5. The lowest BCUT2D eigenvalue weighted by molar-refractivity contribution is -0.308. The Morgan fingerprint density at radius 3 is 2.00 bits per heavy atom. The van der Waals surface area contributed by atoms with Gasteiger partial charge in [0.25, 0.3) is 5.92 Å². The standard InChI is InChI=1S/C10H12F8OS/c1-2-7(19)20-4-3-8(12,13)5-6(11)9(14,15)10(16,17)18/h6H,2-5H2,1H3. The third-order valence-corrected chi connectivity index (χ3v) is 3.29. The summed E-state index contributed by atoms with van der Waals surface area (Å²) in [4.78, 5) is 10.8. The van der Waals surface area contributed by atoms with Crippen LogP contribution in [0.4, 0.5) is 35.1 Å². The average molecular weight is 332 g/mol. The molecule has 10 heteroatoms. The number of thioether (sulfide) groups is 1. The summed E-state index contributed by atoms with van der Waals surface area (Å²) in [6.45, 7) is 1.47. The van der Waals surface area contributed by atoms with E-state index < -0.39 is 47.9 Å². The van der Waals surface area contributed by atoms with Crippen LogP contribution in [0.2, 0.25) is 0 Å². The lowest BCUT2D eigenvalue weighted by atomic mass is 10.0. The van der Waals surface area contributed by atoms with Crippen LogP contribution in [0, 0.1) is 0 Å². The van der Waals surface area contributed by atoms with Crippen molar-refractivity contribution in [2.75, 3.05) is 5.75 Å². The van der Waals surface area contributed by atoms with E-state index in [-0.39, 0.29) is 6.42 Å². The van der Waals surface area contributed by atoms with Crippen molar-refractivity contribution in [1.29, 1.82) is 0 Å². The molecule has 0 amide bonds. The molecule has 0 aromatic rings. The van der Waals surface area contributed by atoms with Gasteiger partial charge in [-0.15, -0.1) is 0 Å². The van der Waals surface area contributed by atoms with E-state index in [0.29, 0.717) is 11.8 Å². The molecule has 0 spiro atoms. The maximum atomic E-state index is 13.1. The molecule has 0 saturated carbocycles. The Balaban J connectivity index is 4.49. The molecule has 1 atom stereocenters. The van der Waals surface area contributed by atoms with E-state index in [1.807, 2.05) is 0 Å². The minimum atomic E-state index is -6.23. The molecule has 0 radical (unpaired) electrons. The van der Waals surface area contributed by atoms with Crippen molar-refractivity contribution in [3.05, 3.63) is 0 Å². The van der Waals surface area contributed by atoms with Crippen LogP contribution >= 0.6 is 11.8 Å². The quantitative estimate of drug-likeness (QED) is 0.634. The van der Waals surface area contributed by atoms with E-state index in [1.165, 1.54) is 6.92 Å². The minimum Gasteiger partial charge on any atom is -0.287 e. The second-order valence-electron chi connectivity index (χ2n) is 3.97. The van der Waals surface area contributed by atoms with Crippen LogP contribution < -0.4 is 0 Å². The number of carbonyl (C=O) groups excluding carboxylic acids is 1. The van der Waals surface area contributed by atoms with E-state index in [4.69, 9.17) is 0 Å². The largest absolute Gasteiger partial charge is 0.456 e. The van der Waals surface area contributed by atoms with Gasteiger partial charge in [0.05, 0.1) is 0 Å². The van der Waals surface area contributed by atoms with Gasteiger partial charge in [0.15, 0.2) is 11.3 Å². The second-order valence-corrected chi connectivity index (χ2v) is 5.12. The lowest BCUT2D eigenvalue weighted by Gasteiger charge is -2.26. The summed E-state index contributed by atoms with van der Waals surface area (Å²) in [6.07, 6.45) is -13.6. The first-order valence-corrected chi connectivity index (χ1v) is 6.44. The van der Waals surface area contributed by atoms with Crippen molar-refractivity contribution in [3.8, 4) is 0 Å². The van der Waals surface area contributed by atoms with Crippen molar-refractivity contribution in [2.45, 2.75) is 50.4 Å². The zero-order chi connectivity index (χ0) is 16.2. The maximum Gasteiger partial charge on any atom is 0.456 e. The molecule has 0 bridgehead atoms. The highest BCUT2D eigenvalue weighted by Gasteiger charge is 2.64. The number of alkyl halides is 8. The normalized spacial score (nSPS) is 15.2. The molecule has 120 valence electrons. The van der Waals surface area contributed by atoms with Crippen LogP contribution in [0.15, 0.2) is 0 Å². The summed E-state index contributed by atoms with van der Waals surface area (Å²) in [7, 11) is 0. The van der Waals surface area contributed by atoms with Crippen molar-refractivity contribution in [3.63, 3.8) is 0 Å². The first-order valence-electron chi connectivity index (χ1n) is 5.45. The summed E-state index contributed by atoms with van der Waals surface area (Å²) in [6, 6.07) is 0. The Hall–Kier alpha value is -0.540. The molecule has 0 saturated heterocycles. The highest BCUT2D eigenvalue weighted by molar-refractivity contribution is 8.13. The predicted octanol–water partition coefficient (Wildman–Crippen LogP) is 4.61. The molecule has 0 rings (SSSR count). The van der Waals surface area contributed by atoms with Crippen LogP contribution in [-0.4, -0.2) is 35.1 Å². The second kappa shape index (κ2) is 6.95. The smallest absolute Gasteiger partial charge is 0.287 e. The van der Waals surface area contributed by atoms with Gasteiger partial charge in [0.2, 0.25) is 0 Å². The van der Waals surface area contributed by atoms with Crippen LogP contribution in [0.5, 0.6) is 0 Å². The number of hydrogen-bond donors (Lipinski definition) is 0. The van der Waals surface area contributed by atoms with Gasteiger partial charge >= 0.3 is 12.1 Å². The maximum absolute atomic E-state index is 13.1. The highest BCUT2D eigenvalue weighted by atomic mass is 32.2. The lowest BCUT2D eigenvalue weighted by Crippen LogP contribution is -2.47. The molecule has 0 aromatic carbocycles. The van der Waals surface area contributed by atoms with E-state index in [0.717, 1.165) is 0 Å². The third kappa shape index (κ3) is 5.84. The van der Waals surface area contributed by atoms with E-state index in [2.05, 4.69) is 0 Å². The third-order valence-electron chi connectivity index (χ3n) is 2.27. The van der Waals surface area contributed by atoms with Gasteiger partial charge < -0.3 is 0 Å². The molecule has 1 unspecified atom stereocenters. The van der Waals surface area contributed by atoms with Crippen LogP contribution in [0.3, 0.4) is 0 Å². The monoisotopic (exact) mass is 332 g/mol. The summed E-state index contributed by atoms with van der Waals surface area (Å²) < 4.78 is 99.2. The molecule has 0 aliphatic carbocycles. The number of hydrogen-bond acceptors (Lipinski definition) is 2. The molecule has 20 heavy (non-hydrogen) atoms. The Morgan fingerprint density at radius 2 is 1.60 bits per heavy atom. The molecule has 0 fully saturated rings. The topological polar surface area (TPSA) is 17.1 Å². The van der Waals surface area contributed by atoms with E-state index in [1.54, 1.807) is 0 Å². The molecule has 1 nitrogen and oxygen atoms in total. The Labute approximate surface area is 114 Å². The Morgan fingerprint density at radius 1 is 1.10 bits per heavy atom. The molecular weight excluding hydrogens is 320 g/mol. The van der Waals surface area contributed by atoms with Crippen LogP contribution in [0.25, 0.3) is 0 Å². The fourth-order valence-corrected chi connectivity index (χ4v) is 1.92. The Kier molecular flexibility index (Phi) is 6.76. The van der Waals surface area contributed by atoms with Gasteiger partial charge in [0.1, 0.15) is 0 Å². The predicted molar refractivity (Wildman–Crippen MR) is 57.8 cm³/mol. The average Bonchev–Trinajstić information content (AvgIpc) is 2.26. The molecule has 0 aliphatic rings.